The Bertz CT molecular complexity index is 307. The smallest absolute Gasteiger partial charge is 0.224 e. The van der Waals surface area contributed by atoms with Gasteiger partial charge in [-0.3, -0.25) is 4.79 Å². The van der Waals surface area contributed by atoms with Crippen molar-refractivity contribution in [1.29, 1.82) is 0 Å². The maximum Gasteiger partial charge on any atom is 0.224 e. The van der Waals surface area contributed by atoms with Crippen LogP contribution in [0.5, 0.6) is 0 Å². The van der Waals surface area contributed by atoms with Crippen molar-refractivity contribution in [3.8, 4) is 0 Å². The van der Waals surface area contributed by atoms with E-state index in [0.29, 0.717) is 5.92 Å². The number of nitrogens with one attached hydrogen (secondary N) is 2. The lowest BCUT2D eigenvalue weighted by molar-refractivity contribution is -0.124. The molecule has 2 atom stereocenters. The first-order valence-corrected chi connectivity index (χ1v) is 5.62. The fraction of sp³-hybridized carbons (Fsp3) is 0.583. The molecule has 0 bridgehead atoms. The van der Waals surface area contributed by atoms with Crippen LogP contribution in [0.25, 0.3) is 0 Å². The summed E-state index contributed by atoms with van der Waals surface area (Å²) in [5, 5.41) is 6.05. The second kappa shape index (κ2) is 4.62. The Balaban J connectivity index is 2.10. The summed E-state index contributed by atoms with van der Waals surface area (Å²) in [4.78, 5) is 11.7. The van der Waals surface area contributed by atoms with Gasteiger partial charge in [-0.15, -0.1) is 0 Å². The summed E-state index contributed by atoms with van der Waals surface area (Å²) in [6, 6.07) is 0. The Morgan fingerprint density at radius 3 is 3.00 bits per heavy atom. The molecule has 1 aliphatic carbocycles. The van der Waals surface area contributed by atoms with Gasteiger partial charge in [-0.25, -0.2) is 0 Å². The molecule has 0 aromatic carbocycles. The zero-order valence-corrected chi connectivity index (χ0v) is 9.12. The van der Waals surface area contributed by atoms with Gasteiger partial charge in [0, 0.05) is 26.1 Å². The van der Waals surface area contributed by atoms with E-state index in [-0.39, 0.29) is 11.8 Å². The second-order valence-electron chi connectivity index (χ2n) is 4.17. The zero-order valence-electron chi connectivity index (χ0n) is 9.12. The molecule has 2 aliphatic rings. The van der Waals surface area contributed by atoms with Gasteiger partial charge in [0.15, 0.2) is 0 Å². The second-order valence-corrected chi connectivity index (χ2v) is 4.17. The van der Waals surface area contributed by atoms with Crippen LogP contribution in [-0.4, -0.2) is 26.0 Å². The van der Waals surface area contributed by atoms with Crippen LogP contribution in [0, 0.1) is 11.8 Å². The normalized spacial score (nSPS) is 30.1. The van der Waals surface area contributed by atoms with Gasteiger partial charge in [-0.1, -0.05) is 18.2 Å². The average Bonchev–Trinajstić information content (AvgIpc) is 2.78. The summed E-state index contributed by atoms with van der Waals surface area (Å²) in [5.41, 5.74) is 1.33. The van der Waals surface area contributed by atoms with Crippen LogP contribution in [0.1, 0.15) is 12.8 Å². The van der Waals surface area contributed by atoms with Crippen LogP contribution in [0.4, 0.5) is 0 Å². The van der Waals surface area contributed by atoms with Crippen molar-refractivity contribution < 1.29 is 4.79 Å². The third-order valence-electron chi connectivity index (χ3n) is 3.25. The molecule has 1 heterocycles. The Kier molecular flexibility index (Phi) is 3.21. The first-order chi connectivity index (χ1) is 7.33. The third-order valence-corrected chi connectivity index (χ3v) is 3.25. The lowest BCUT2D eigenvalue weighted by Crippen LogP contribution is -2.33. The third kappa shape index (κ3) is 2.12. The number of carbonyl (C=O) groups is 1. The molecule has 3 heteroatoms. The van der Waals surface area contributed by atoms with E-state index in [0.717, 1.165) is 25.9 Å². The van der Waals surface area contributed by atoms with Crippen LogP contribution < -0.4 is 10.6 Å². The van der Waals surface area contributed by atoms with Crippen molar-refractivity contribution in [2.75, 3.05) is 20.1 Å². The summed E-state index contributed by atoms with van der Waals surface area (Å²) >= 11 is 0. The highest BCUT2D eigenvalue weighted by Gasteiger charge is 2.33. The standard InChI is InChI=1S/C12H18N2O/c1-13-12(15)11-8-14-7-10(11)9-5-3-2-4-6-9/h3,5-6,10-11,14H,2,4,7-8H2,1H3,(H,13,15). The number of rotatable bonds is 2. The Morgan fingerprint density at radius 2 is 2.33 bits per heavy atom. The highest BCUT2D eigenvalue weighted by molar-refractivity contribution is 5.79. The molecular formula is C12H18N2O. The van der Waals surface area contributed by atoms with Gasteiger partial charge in [-0.2, -0.15) is 0 Å². The van der Waals surface area contributed by atoms with E-state index in [1.807, 2.05) is 0 Å². The fourth-order valence-electron chi connectivity index (χ4n) is 2.40. The van der Waals surface area contributed by atoms with Crippen LogP contribution in [0.2, 0.25) is 0 Å². The molecule has 2 rings (SSSR count). The average molecular weight is 206 g/mol. The summed E-state index contributed by atoms with van der Waals surface area (Å²) in [6.07, 6.45) is 8.90. The minimum absolute atomic E-state index is 0.101. The number of hydrogen-bond donors (Lipinski definition) is 2. The summed E-state index contributed by atoms with van der Waals surface area (Å²) in [5.74, 6) is 0.621. The predicted octanol–water partition coefficient (Wildman–Crippen LogP) is 0.844. The van der Waals surface area contributed by atoms with E-state index in [9.17, 15) is 4.79 Å². The lowest BCUT2D eigenvalue weighted by Gasteiger charge is -2.20. The summed E-state index contributed by atoms with van der Waals surface area (Å²) in [6.45, 7) is 1.73. The van der Waals surface area contributed by atoms with Gasteiger partial charge >= 0.3 is 0 Å². The van der Waals surface area contributed by atoms with Crippen LogP contribution >= 0.6 is 0 Å². The largest absolute Gasteiger partial charge is 0.359 e. The molecule has 82 valence electrons. The Morgan fingerprint density at radius 1 is 1.47 bits per heavy atom. The van der Waals surface area contributed by atoms with E-state index in [2.05, 4.69) is 28.9 Å². The highest BCUT2D eigenvalue weighted by atomic mass is 16.1. The van der Waals surface area contributed by atoms with E-state index >= 15 is 0 Å². The van der Waals surface area contributed by atoms with Crippen molar-refractivity contribution in [3.63, 3.8) is 0 Å². The van der Waals surface area contributed by atoms with Crippen molar-refractivity contribution >= 4 is 5.91 Å². The van der Waals surface area contributed by atoms with Crippen LogP contribution in [-0.2, 0) is 4.79 Å². The molecule has 1 aliphatic heterocycles. The molecule has 0 spiro atoms. The first-order valence-electron chi connectivity index (χ1n) is 5.62. The minimum atomic E-state index is 0.101. The fourth-order valence-corrected chi connectivity index (χ4v) is 2.40. The molecule has 0 saturated carbocycles. The first kappa shape index (κ1) is 10.4. The van der Waals surface area contributed by atoms with Gasteiger partial charge in [0.1, 0.15) is 0 Å². The summed E-state index contributed by atoms with van der Waals surface area (Å²) in [7, 11) is 1.71. The molecule has 0 aromatic heterocycles. The van der Waals surface area contributed by atoms with Crippen molar-refractivity contribution in [1.82, 2.24) is 10.6 Å². The number of amides is 1. The zero-order chi connectivity index (χ0) is 10.7. The molecule has 1 fully saturated rings. The topological polar surface area (TPSA) is 41.1 Å². The SMILES string of the molecule is CNC(=O)C1CNCC1C1=CCCC=C1. The molecule has 1 saturated heterocycles. The van der Waals surface area contributed by atoms with Gasteiger partial charge in [0.2, 0.25) is 5.91 Å². The maximum atomic E-state index is 11.7. The monoisotopic (exact) mass is 206 g/mol. The molecule has 0 aromatic rings. The predicted molar refractivity (Wildman–Crippen MR) is 60.4 cm³/mol. The molecule has 1 amide bonds. The molecule has 15 heavy (non-hydrogen) atoms. The number of hydrogen-bond acceptors (Lipinski definition) is 2. The van der Waals surface area contributed by atoms with E-state index in [1.54, 1.807) is 7.05 Å². The maximum absolute atomic E-state index is 11.7. The van der Waals surface area contributed by atoms with E-state index in [4.69, 9.17) is 0 Å². The van der Waals surface area contributed by atoms with E-state index in [1.165, 1.54) is 5.57 Å². The van der Waals surface area contributed by atoms with Crippen molar-refractivity contribution in [2.45, 2.75) is 12.8 Å². The molecule has 3 nitrogen and oxygen atoms in total. The summed E-state index contributed by atoms with van der Waals surface area (Å²) < 4.78 is 0. The minimum Gasteiger partial charge on any atom is -0.359 e. The molecule has 2 N–H and O–H groups in total. The van der Waals surface area contributed by atoms with Crippen LogP contribution in [0.15, 0.2) is 23.8 Å². The van der Waals surface area contributed by atoms with E-state index < -0.39 is 0 Å². The van der Waals surface area contributed by atoms with Gasteiger partial charge < -0.3 is 10.6 Å². The molecule has 2 unspecified atom stereocenters. The number of carbonyl (C=O) groups excluding carboxylic acids is 1. The number of allylic oxidation sites excluding steroid dienone is 3. The Labute approximate surface area is 90.6 Å². The quantitative estimate of drug-likeness (QED) is 0.703. The van der Waals surface area contributed by atoms with Crippen LogP contribution in [0.3, 0.4) is 0 Å². The van der Waals surface area contributed by atoms with Gasteiger partial charge in [0.25, 0.3) is 0 Å². The Hall–Kier alpha value is -1.09. The van der Waals surface area contributed by atoms with Crippen molar-refractivity contribution in [2.24, 2.45) is 11.8 Å². The van der Waals surface area contributed by atoms with Gasteiger partial charge in [-0.05, 0) is 18.4 Å². The van der Waals surface area contributed by atoms with Crippen molar-refractivity contribution in [3.05, 3.63) is 23.8 Å². The molecular weight excluding hydrogens is 188 g/mol. The highest BCUT2D eigenvalue weighted by Crippen LogP contribution is 2.28. The lowest BCUT2D eigenvalue weighted by atomic mass is 9.85. The molecule has 0 radical (unpaired) electrons. The van der Waals surface area contributed by atoms with Gasteiger partial charge in [0.05, 0.1) is 5.92 Å².